The molecule has 1 N–H and O–H groups in total. The lowest BCUT2D eigenvalue weighted by Crippen LogP contribution is -2.39. The number of hydrogen-bond acceptors (Lipinski definition) is 4. The van der Waals surface area contributed by atoms with E-state index < -0.39 is 0 Å². The molecule has 2 unspecified atom stereocenters. The SMILES string of the molecule is CCCNCc1cc(CN2CC(C)SC(C)C2)oc1C. The zero-order chi connectivity index (χ0) is 14.5. The molecule has 20 heavy (non-hydrogen) atoms. The van der Waals surface area contributed by atoms with Crippen molar-refractivity contribution in [1.29, 1.82) is 0 Å². The molecule has 0 aliphatic carbocycles. The molecule has 114 valence electrons. The number of nitrogens with zero attached hydrogens (tertiary/aromatic N) is 1. The highest BCUT2D eigenvalue weighted by atomic mass is 32.2. The van der Waals surface area contributed by atoms with Gasteiger partial charge in [0.15, 0.2) is 0 Å². The Hall–Kier alpha value is -0.450. The van der Waals surface area contributed by atoms with Crippen LogP contribution in [-0.4, -0.2) is 35.0 Å². The number of hydrogen-bond donors (Lipinski definition) is 1. The van der Waals surface area contributed by atoms with Crippen molar-refractivity contribution in [2.75, 3.05) is 19.6 Å². The fourth-order valence-electron chi connectivity index (χ4n) is 2.87. The van der Waals surface area contributed by atoms with Gasteiger partial charge in [-0.2, -0.15) is 11.8 Å². The maximum Gasteiger partial charge on any atom is 0.118 e. The molecule has 3 nitrogen and oxygen atoms in total. The topological polar surface area (TPSA) is 28.4 Å². The van der Waals surface area contributed by atoms with Gasteiger partial charge in [0, 0.05) is 35.7 Å². The molecule has 1 aromatic heterocycles. The summed E-state index contributed by atoms with van der Waals surface area (Å²) in [5.74, 6) is 2.18. The summed E-state index contributed by atoms with van der Waals surface area (Å²) in [6.45, 7) is 14.2. The minimum absolute atomic E-state index is 0.723. The molecule has 0 aromatic carbocycles. The Morgan fingerprint density at radius 2 is 2.05 bits per heavy atom. The van der Waals surface area contributed by atoms with Crippen molar-refractivity contribution in [3.63, 3.8) is 0 Å². The van der Waals surface area contributed by atoms with Crippen LogP contribution in [0.1, 0.15) is 44.3 Å². The van der Waals surface area contributed by atoms with Crippen LogP contribution in [-0.2, 0) is 13.1 Å². The Kier molecular flexibility index (Phi) is 6.00. The van der Waals surface area contributed by atoms with Gasteiger partial charge in [-0.3, -0.25) is 4.90 Å². The molecule has 0 saturated carbocycles. The Morgan fingerprint density at radius 1 is 1.35 bits per heavy atom. The highest BCUT2D eigenvalue weighted by molar-refractivity contribution is 8.00. The minimum atomic E-state index is 0.723. The van der Waals surface area contributed by atoms with E-state index in [0.717, 1.165) is 54.7 Å². The first-order chi connectivity index (χ1) is 9.58. The second-order valence-electron chi connectivity index (χ2n) is 5.92. The van der Waals surface area contributed by atoms with Gasteiger partial charge < -0.3 is 9.73 Å². The van der Waals surface area contributed by atoms with Gasteiger partial charge in [-0.25, -0.2) is 0 Å². The summed E-state index contributed by atoms with van der Waals surface area (Å²) < 4.78 is 5.93. The van der Waals surface area contributed by atoms with Crippen molar-refractivity contribution < 1.29 is 4.42 Å². The van der Waals surface area contributed by atoms with E-state index in [2.05, 4.69) is 55.7 Å². The van der Waals surface area contributed by atoms with Crippen LogP contribution in [0.15, 0.2) is 10.5 Å². The van der Waals surface area contributed by atoms with Gasteiger partial charge >= 0.3 is 0 Å². The van der Waals surface area contributed by atoms with E-state index in [4.69, 9.17) is 4.42 Å². The number of rotatable bonds is 6. The van der Waals surface area contributed by atoms with Gasteiger partial charge in [0.2, 0.25) is 0 Å². The van der Waals surface area contributed by atoms with E-state index in [-0.39, 0.29) is 0 Å². The normalized spacial score (nSPS) is 24.2. The second kappa shape index (κ2) is 7.53. The second-order valence-corrected chi connectivity index (χ2v) is 7.80. The van der Waals surface area contributed by atoms with Crippen LogP contribution in [0.4, 0.5) is 0 Å². The van der Waals surface area contributed by atoms with Crippen LogP contribution in [0.3, 0.4) is 0 Å². The van der Waals surface area contributed by atoms with Crippen LogP contribution in [0, 0.1) is 6.92 Å². The van der Waals surface area contributed by atoms with E-state index in [1.165, 1.54) is 12.0 Å². The molecule has 1 saturated heterocycles. The van der Waals surface area contributed by atoms with Gasteiger partial charge in [0.1, 0.15) is 11.5 Å². The summed E-state index contributed by atoms with van der Waals surface area (Å²) in [6, 6.07) is 2.23. The van der Waals surface area contributed by atoms with Crippen molar-refractivity contribution >= 4 is 11.8 Å². The summed E-state index contributed by atoms with van der Waals surface area (Å²) >= 11 is 2.10. The zero-order valence-corrected chi connectivity index (χ0v) is 14.1. The summed E-state index contributed by atoms with van der Waals surface area (Å²) in [5, 5.41) is 4.89. The van der Waals surface area contributed by atoms with Crippen LogP contribution in [0.25, 0.3) is 0 Å². The lowest BCUT2D eigenvalue weighted by atomic mass is 10.2. The molecular weight excluding hydrogens is 268 g/mol. The van der Waals surface area contributed by atoms with Gasteiger partial charge in [-0.1, -0.05) is 20.8 Å². The molecule has 2 heterocycles. The largest absolute Gasteiger partial charge is 0.465 e. The van der Waals surface area contributed by atoms with Gasteiger partial charge in [0.25, 0.3) is 0 Å². The maximum atomic E-state index is 5.93. The molecule has 0 spiro atoms. The first kappa shape index (κ1) is 15.9. The Balaban J connectivity index is 1.91. The minimum Gasteiger partial charge on any atom is -0.465 e. The molecule has 4 heteroatoms. The molecule has 0 radical (unpaired) electrons. The highest BCUT2D eigenvalue weighted by Crippen LogP contribution is 2.26. The third kappa shape index (κ3) is 4.54. The van der Waals surface area contributed by atoms with E-state index in [9.17, 15) is 0 Å². The monoisotopic (exact) mass is 296 g/mol. The first-order valence-corrected chi connectivity index (χ1v) is 8.69. The predicted octanol–water partition coefficient (Wildman–Crippen LogP) is 3.41. The average Bonchev–Trinajstić information content (AvgIpc) is 2.68. The molecule has 1 aromatic rings. The quantitative estimate of drug-likeness (QED) is 0.814. The van der Waals surface area contributed by atoms with Crippen LogP contribution in [0.5, 0.6) is 0 Å². The lowest BCUT2D eigenvalue weighted by Gasteiger charge is -2.33. The Morgan fingerprint density at radius 3 is 2.70 bits per heavy atom. The maximum absolute atomic E-state index is 5.93. The number of furan rings is 1. The highest BCUT2D eigenvalue weighted by Gasteiger charge is 2.23. The van der Waals surface area contributed by atoms with Crippen molar-refractivity contribution in [2.45, 2.75) is 57.7 Å². The van der Waals surface area contributed by atoms with E-state index in [0.29, 0.717) is 0 Å². The molecule has 0 amide bonds. The van der Waals surface area contributed by atoms with E-state index in [1.54, 1.807) is 0 Å². The zero-order valence-electron chi connectivity index (χ0n) is 13.2. The molecule has 2 atom stereocenters. The predicted molar refractivity (Wildman–Crippen MR) is 87.2 cm³/mol. The molecular formula is C16H28N2OS. The number of aryl methyl sites for hydroxylation is 1. The van der Waals surface area contributed by atoms with E-state index >= 15 is 0 Å². The first-order valence-electron chi connectivity index (χ1n) is 7.75. The summed E-state index contributed by atoms with van der Waals surface area (Å²) in [4.78, 5) is 2.52. The standard InChI is InChI=1S/C16H28N2OS/c1-5-6-17-8-15-7-16(19-14(15)4)11-18-9-12(2)20-13(3)10-18/h7,12-13,17H,5-6,8-11H2,1-4H3. The third-order valence-corrected chi connectivity index (χ3v) is 4.92. The summed E-state index contributed by atoms with van der Waals surface area (Å²) in [5.41, 5.74) is 1.31. The van der Waals surface area contributed by atoms with Crippen LogP contribution >= 0.6 is 11.8 Å². The van der Waals surface area contributed by atoms with Gasteiger partial charge in [-0.15, -0.1) is 0 Å². The average molecular weight is 296 g/mol. The smallest absolute Gasteiger partial charge is 0.118 e. The van der Waals surface area contributed by atoms with Gasteiger partial charge in [0.05, 0.1) is 6.54 Å². The Bertz CT molecular complexity index is 409. The number of nitrogens with one attached hydrogen (secondary N) is 1. The molecule has 0 bridgehead atoms. The van der Waals surface area contributed by atoms with Crippen molar-refractivity contribution in [2.24, 2.45) is 0 Å². The molecule has 2 rings (SSSR count). The number of thioether (sulfide) groups is 1. The fourth-order valence-corrected chi connectivity index (χ4v) is 4.26. The summed E-state index contributed by atoms with van der Waals surface area (Å²) in [6.07, 6.45) is 1.17. The van der Waals surface area contributed by atoms with Crippen LogP contribution < -0.4 is 5.32 Å². The molecule has 1 aliphatic rings. The van der Waals surface area contributed by atoms with Crippen LogP contribution in [0.2, 0.25) is 0 Å². The van der Waals surface area contributed by atoms with Crippen molar-refractivity contribution in [1.82, 2.24) is 10.2 Å². The van der Waals surface area contributed by atoms with Gasteiger partial charge in [-0.05, 0) is 26.0 Å². The fraction of sp³-hybridized carbons (Fsp3) is 0.750. The molecule has 1 aliphatic heterocycles. The molecule has 1 fully saturated rings. The van der Waals surface area contributed by atoms with Crippen molar-refractivity contribution in [3.8, 4) is 0 Å². The summed E-state index contributed by atoms with van der Waals surface area (Å²) in [7, 11) is 0. The van der Waals surface area contributed by atoms with Crippen molar-refractivity contribution in [3.05, 3.63) is 23.2 Å². The van der Waals surface area contributed by atoms with E-state index in [1.807, 2.05) is 0 Å². The lowest BCUT2D eigenvalue weighted by molar-refractivity contribution is 0.240. The Labute approximate surface area is 127 Å². The third-order valence-electron chi connectivity index (χ3n) is 3.69.